The normalized spacial score (nSPS) is 15.1. The maximum atomic E-state index is 13.9. The van der Waals surface area contributed by atoms with Gasteiger partial charge in [0.25, 0.3) is 5.91 Å². The minimum absolute atomic E-state index is 0.0863. The Labute approximate surface area is 507 Å². The van der Waals surface area contributed by atoms with Gasteiger partial charge in [0.15, 0.2) is 6.10 Å². The highest BCUT2D eigenvalue weighted by atomic mass is 35.5. The molecule has 0 aliphatic carbocycles. The highest BCUT2D eigenvalue weighted by Gasteiger charge is 2.47. The maximum Gasteiger partial charge on any atom is 0.416 e. The Balaban J connectivity index is 0.821. The number of hydrogen-bond acceptors (Lipinski definition) is 6. The quantitative estimate of drug-likeness (QED) is 0.0251. The van der Waals surface area contributed by atoms with Gasteiger partial charge in [-0.15, -0.1) is 0 Å². The molecule has 6 aromatic rings. The van der Waals surface area contributed by atoms with Crippen LogP contribution in [0.15, 0.2) is 124 Å². The number of carbonyl (C=O) groups excluding carboxylic acids is 3. The summed E-state index contributed by atoms with van der Waals surface area (Å²) in [5, 5.41) is 4.88. The van der Waals surface area contributed by atoms with Crippen molar-refractivity contribution in [1.82, 2.24) is 9.80 Å². The first-order valence-corrected chi connectivity index (χ1v) is 32.6. The number of alkyl halides is 9. The van der Waals surface area contributed by atoms with Crippen LogP contribution in [0.1, 0.15) is 153 Å². The van der Waals surface area contributed by atoms with Gasteiger partial charge in [0.2, 0.25) is 11.8 Å². The summed E-state index contributed by atoms with van der Waals surface area (Å²) >= 11 is 6.79. The van der Waals surface area contributed by atoms with E-state index in [0.29, 0.717) is 114 Å². The number of ether oxygens (including phenoxy) is 1. The van der Waals surface area contributed by atoms with Gasteiger partial charge in [0.1, 0.15) is 34.5 Å². The van der Waals surface area contributed by atoms with E-state index < -0.39 is 54.2 Å². The van der Waals surface area contributed by atoms with Gasteiger partial charge in [-0.3, -0.25) is 14.4 Å². The van der Waals surface area contributed by atoms with Crippen molar-refractivity contribution in [3.05, 3.63) is 147 Å². The van der Waals surface area contributed by atoms with Gasteiger partial charge in [-0.05, 0) is 154 Å². The fourth-order valence-electron chi connectivity index (χ4n) is 12.2. The molecule has 1 aromatic heterocycles. The monoisotopic (exact) mass is 1250 g/mol. The molecule has 0 radical (unpaired) electrons. The van der Waals surface area contributed by atoms with Crippen LogP contribution in [0.4, 0.5) is 45.2 Å². The number of halogens is 10. The number of nitrogens with zero attached hydrogens (tertiary/aromatic N) is 2. The van der Waals surface area contributed by atoms with Gasteiger partial charge in [0.05, 0.1) is 27.9 Å². The van der Waals surface area contributed by atoms with E-state index in [1.807, 2.05) is 0 Å². The van der Waals surface area contributed by atoms with Crippen LogP contribution >= 0.6 is 18.9 Å². The average Bonchev–Trinajstić information content (AvgIpc) is 2.45. The third-order valence-electron chi connectivity index (χ3n) is 17.1. The minimum atomic E-state index is -4.70. The number of anilines is 1. The van der Waals surface area contributed by atoms with E-state index in [1.54, 1.807) is 53.1 Å². The summed E-state index contributed by atoms with van der Waals surface area (Å²) in [4.78, 5) is 56.8. The topological polar surface area (TPSA) is 109 Å². The van der Waals surface area contributed by atoms with Gasteiger partial charge in [-0.1, -0.05) is 88.8 Å². The lowest BCUT2D eigenvalue weighted by atomic mass is 9.77. The van der Waals surface area contributed by atoms with Crippen LogP contribution in [0.25, 0.3) is 22.1 Å². The van der Waals surface area contributed by atoms with Crippen molar-refractivity contribution in [2.75, 3.05) is 37.7 Å². The van der Waals surface area contributed by atoms with Crippen molar-refractivity contribution in [2.24, 2.45) is 5.41 Å². The first-order valence-electron chi connectivity index (χ1n) is 30.2. The Morgan fingerprint density at radius 3 is 1.59 bits per heavy atom. The second kappa shape index (κ2) is 29.3. The van der Waals surface area contributed by atoms with E-state index in [0.717, 1.165) is 62.1 Å². The Morgan fingerprint density at radius 2 is 1.08 bits per heavy atom. The summed E-state index contributed by atoms with van der Waals surface area (Å²) in [6.45, 7) is 5.78. The molecular weight excluding hydrogens is 1180 g/mol. The molecule has 20 heteroatoms. The molecule has 2 fully saturated rings. The zero-order chi connectivity index (χ0) is 62.6. The Bertz CT molecular complexity index is 3210. The highest BCUT2D eigenvalue weighted by Crippen LogP contribution is 2.57. The number of hydrogen-bond donors (Lipinski definition) is 1. The molecule has 2 aliphatic rings. The van der Waals surface area contributed by atoms with Crippen LogP contribution in [-0.4, -0.2) is 66.0 Å². The van der Waals surface area contributed by atoms with Crippen LogP contribution in [0, 0.1) is 5.41 Å². The molecule has 9 nitrogen and oxygen atoms in total. The molecule has 87 heavy (non-hydrogen) atoms. The van der Waals surface area contributed by atoms with Crippen molar-refractivity contribution in [3.8, 4) is 16.9 Å². The van der Waals surface area contributed by atoms with Crippen molar-refractivity contribution >= 4 is 69.2 Å². The lowest BCUT2D eigenvalue weighted by molar-refractivity contribution is -0.138. The van der Waals surface area contributed by atoms with Crippen LogP contribution in [0.2, 0.25) is 5.02 Å². The second-order valence-corrected chi connectivity index (χ2v) is 27.3. The number of piperidine rings is 1. The lowest BCUT2D eigenvalue weighted by Gasteiger charge is -2.39. The fourth-order valence-corrected chi connectivity index (χ4v) is 16.8. The number of rotatable bonds is 26. The largest absolute Gasteiger partial charge is 0.481 e. The van der Waals surface area contributed by atoms with Crippen molar-refractivity contribution in [3.63, 3.8) is 0 Å². The first kappa shape index (κ1) is 66.6. The number of unbranched alkanes of at least 4 members (excludes halogenated alkanes) is 12. The van der Waals surface area contributed by atoms with Gasteiger partial charge in [-0.2, -0.15) is 39.5 Å². The number of likely N-dealkylation sites (tertiary alicyclic amines) is 2. The summed E-state index contributed by atoms with van der Waals surface area (Å²) in [6, 6.07) is 24.2. The van der Waals surface area contributed by atoms with Crippen LogP contribution in [0.5, 0.6) is 5.75 Å². The Hall–Kier alpha value is -6.39. The summed E-state index contributed by atoms with van der Waals surface area (Å²) in [6.07, 6.45) is 2.13. The summed E-state index contributed by atoms with van der Waals surface area (Å²) in [5.74, 6) is -0.0880. The standard InChI is InChI=1S/C67H74ClF9N3O6P/c1-3-4-5-6-7-8-9-10-11-12-14-17-60(81)78-50-25-33-55(58(68)42-50)57-44-62(83)86-59-43-51(26-34-56(57)59)85-46(2)63(84)80-40-37-64(45-80)35-38-79(39-36-64)61(82)18-15-13-16-41-87(52-27-19-47(20-28-52)65(69,70)71,53-29-21-48(22-30-53)66(72,73)74)54-31-23-49(24-32-54)67(75,76)77/h19-34,42-44,46H,3-18,35-41,45H2,1-2H3/p+1/t46-/m1/s1. The van der Waals surface area contributed by atoms with E-state index in [9.17, 15) is 58.7 Å². The molecule has 2 aliphatic heterocycles. The molecular formula is C67H75ClF9N3O6P+. The average molecular weight is 1260 g/mol. The van der Waals surface area contributed by atoms with Gasteiger partial charge in [-0.25, -0.2) is 4.79 Å². The molecule has 5 aromatic carbocycles. The van der Waals surface area contributed by atoms with E-state index in [2.05, 4.69) is 12.2 Å². The Morgan fingerprint density at radius 1 is 0.598 bits per heavy atom. The summed E-state index contributed by atoms with van der Waals surface area (Å²) in [7, 11) is -3.21. The number of benzene rings is 5. The first-order chi connectivity index (χ1) is 41.4. The van der Waals surface area contributed by atoms with Gasteiger partial charge < -0.3 is 24.3 Å². The third-order valence-corrected chi connectivity index (χ3v) is 22.0. The molecule has 8 rings (SSSR count). The molecule has 3 amide bonds. The molecule has 1 spiro atoms. The molecule has 3 heterocycles. The van der Waals surface area contributed by atoms with Gasteiger partial charge >= 0.3 is 24.2 Å². The lowest BCUT2D eigenvalue weighted by Crippen LogP contribution is -2.45. The van der Waals surface area contributed by atoms with E-state index in [4.69, 9.17) is 20.8 Å². The molecule has 0 saturated carbocycles. The SMILES string of the molecule is CCCCCCCCCCCCCC(=O)Nc1ccc(-c2cc(=O)oc3cc(O[C@H](C)C(=O)N4CCC5(CCN(C(=O)CCCCC[P+](c6ccc(C(F)(F)F)cc6)(c6ccc(C(F)(F)F)cc6)c6ccc(C(F)(F)F)cc6)CC5)C4)ccc23)c(Cl)c1. The maximum absolute atomic E-state index is 13.9. The molecule has 0 bridgehead atoms. The molecule has 468 valence electrons. The Kier molecular flexibility index (Phi) is 22.4. The van der Waals surface area contributed by atoms with E-state index in [-0.39, 0.29) is 41.3 Å². The molecule has 2 saturated heterocycles. The van der Waals surface area contributed by atoms with Crippen LogP contribution < -0.4 is 31.6 Å². The number of amides is 3. The third kappa shape index (κ3) is 17.3. The van der Waals surface area contributed by atoms with Gasteiger partial charge in [0, 0.05) is 73.4 Å². The minimum Gasteiger partial charge on any atom is -0.481 e. The molecule has 1 atom stereocenters. The number of fused-ring (bicyclic) bond motifs is 1. The molecule has 1 N–H and O–H groups in total. The fraction of sp³-hybridized carbons (Fsp3) is 0.463. The highest BCUT2D eigenvalue weighted by molar-refractivity contribution is 7.95. The second-order valence-electron chi connectivity index (χ2n) is 23.3. The smallest absolute Gasteiger partial charge is 0.416 e. The predicted octanol–water partition coefficient (Wildman–Crippen LogP) is 17.0. The van der Waals surface area contributed by atoms with Crippen LogP contribution in [0.3, 0.4) is 0 Å². The van der Waals surface area contributed by atoms with E-state index in [1.165, 1.54) is 93.8 Å². The van der Waals surface area contributed by atoms with Crippen molar-refractivity contribution < 1.29 is 63.1 Å². The van der Waals surface area contributed by atoms with Crippen molar-refractivity contribution in [2.45, 2.75) is 160 Å². The number of nitrogens with one attached hydrogen (secondary N) is 1. The number of carbonyl (C=O) groups is 3. The zero-order valence-corrected chi connectivity index (χ0v) is 50.7. The summed E-state index contributed by atoms with van der Waals surface area (Å²) < 4.78 is 136. The predicted molar refractivity (Wildman–Crippen MR) is 326 cm³/mol. The zero-order valence-electron chi connectivity index (χ0n) is 49.1. The van der Waals surface area contributed by atoms with Crippen molar-refractivity contribution in [1.29, 1.82) is 0 Å². The molecule has 0 unspecified atom stereocenters. The summed E-state index contributed by atoms with van der Waals surface area (Å²) in [5.41, 5.74) is -1.85. The van der Waals surface area contributed by atoms with E-state index >= 15 is 0 Å². The van der Waals surface area contributed by atoms with Crippen LogP contribution in [-0.2, 0) is 32.9 Å².